The standard InChI is InChI=1S/C24H25N3O3/c1-4-29-22-13-18-12-16(2)30-21(18)14-20(22)26-24(28)17-10-11-23(25-15-17)27(3)19-8-6-5-7-9-19/h5-11,13-16H,4,12H2,1-3H3,(H,26,28). The van der Waals surface area contributed by atoms with Gasteiger partial charge in [-0.05, 0) is 44.2 Å². The minimum atomic E-state index is -0.247. The maximum absolute atomic E-state index is 12.8. The number of para-hydroxylation sites is 1. The van der Waals surface area contributed by atoms with E-state index < -0.39 is 0 Å². The fourth-order valence-electron chi connectivity index (χ4n) is 3.51. The lowest BCUT2D eigenvalue weighted by atomic mass is 10.1. The summed E-state index contributed by atoms with van der Waals surface area (Å²) in [7, 11) is 1.94. The molecule has 1 N–H and O–H groups in total. The third kappa shape index (κ3) is 4.08. The molecule has 1 unspecified atom stereocenters. The Hall–Kier alpha value is -3.54. The molecule has 0 spiro atoms. The number of fused-ring (bicyclic) bond motifs is 1. The summed E-state index contributed by atoms with van der Waals surface area (Å²) >= 11 is 0. The normalized spacial score (nSPS) is 14.6. The summed E-state index contributed by atoms with van der Waals surface area (Å²) in [6.07, 6.45) is 2.54. The molecule has 2 aromatic carbocycles. The lowest BCUT2D eigenvalue weighted by Gasteiger charge is -2.18. The minimum absolute atomic E-state index is 0.124. The fourth-order valence-corrected chi connectivity index (χ4v) is 3.51. The highest BCUT2D eigenvalue weighted by Crippen LogP contribution is 2.38. The van der Waals surface area contributed by atoms with Crippen molar-refractivity contribution in [3.05, 3.63) is 71.9 Å². The molecule has 1 aromatic heterocycles. The number of nitrogens with one attached hydrogen (secondary N) is 1. The Labute approximate surface area is 176 Å². The zero-order valence-corrected chi connectivity index (χ0v) is 17.4. The Kier molecular flexibility index (Phi) is 5.57. The molecule has 0 fully saturated rings. The summed E-state index contributed by atoms with van der Waals surface area (Å²) in [5.41, 5.74) is 3.19. The Morgan fingerprint density at radius 2 is 2.03 bits per heavy atom. The lowest BCUT2D eigenvalue weighted by Crippen LogP contribution is -2.15. The van der Waals surface area contributed by atoms with Crippen molar-refractivity contribution in [1.29, 1.82) is 0 Å². The number of aromatic nitrogens is 1. The van der Waals surface area contributed by atoms with E-state index >= 15 is 0 Å². The second-order valence-electron chi connectivity index (χ2n) is 7.28. The van der Waals surface area contributed by atoms with Gasteiger partial charge in [-0.2, -0.15) is 0 Å². The second kappa shape index (κ2) is 8.45. The van der Waals surface area contributed by atoms with Crippen LogP contribution in [0.2, 0.25) is 0 Å². The second-order valence-corrected chi connectivity index (χ2v) is 7.28. The van der Waals surface area contributed by atoms with Crippen LogP contribution in [0.25, 0.3) is 0 Å². The SMILES string of the molecule is CCOc1cc2c(cc1NC(=O)c1ccc(N(C)c3ccccc3)nc1)OC(C)C2. The van der Waals surface area contributed by atoms with Crippen LogP contribution in [0.1, 0.15) is 29.8 Å². The van der Waals surface area contributed by atoms with E-state index in [2.05, 4.69) is 10.3 Å². The van der Waals surface area contributed by atoms with Crippen molar-refractivity contribution in [2.24, 2.45) is 0 Å². The number of nitrogens with zero attached hydrogens (tertiary/aromatic N) is 2. The van der Waals surface area contributed by atoms with Gasteiger partial charge in [0, 0.05) is 37.0 Å². The van der Waals surface area contributed by atoms with E-state index in [-0.39, 0.29) is 12.0 Å². The number of pyridine rings is 1. The Morgan fingerprint density at radius 3 is 2.73 bits per heavy atom. The van der Waals surface area contributed by atoms with Crippen LogP contribution in [0.3, 0.4) is 0 Å². The van der Waals surface area contributed by atoms with Gasteiger partial charge in [0.15, 0.2) is 0 Å². The third-order valence-electron chi connectivity index (χ3n) is 5.04. The van der Waals surface area contributed by atoms with E-state index in [4.69, 9.17) is 9.47 Å². The third-order valence-corrected chi connectivity index (χ3v) is 5.04. The first-order valence-corrected chi connectivity index (χ1v) is 10.1. The summed E-state index contributed by atoms with van der Waals surface area (Å²) in [6.45, 7) is 4.46. The Balaban J connectivity index is 1.52. The highest BCUT2D eigenvalue weighted by atomic mass is 16.5. The van der Waals surface area contributed by atoms with Crippen molar-refractivity contribution in [3.8, 4) is 11.5 Å². The summed E-state index contributed by atoms with van der Waals surface area (Å²) in [5.74, 6) is 1.95. The Morgan fingerprint density at radius 1 is 1.23 bits per heavy atom. The number of rotatable bonds is 6. The smallest absolute Gasteiger partial charge is 0.257 e. The number of amides is 1. The van der Waals surface area contributed by atoms with Gasteiger partial charge < -0.3 is 19.7 Å². The van der Waals surface area contributed by atoms with E-state index in [1.54, 1.807) is 12.3 Å². The highest BCUT2D eigenvalue weighted by Gasteiger charge is 2.23. The molecule has 0 saturated carbocycles. The largest absolute Gasteiger partial charge is 0.492 e. The van der Waals surface area contributed by atoms with Gasteiger partial charge in [0.2, 0.25) is 0 Å². The maximum Gasteiger partial charge on any atom is 0.257 e. The molecule has 6 heteroatoms. The zero-order valence-electron chi connectivity index (χ0n) is 17.4. The zero-order chi connectivity index (χ0) is 21.1. The maximum atomic E-state index is 12.8. The molecule has 6 nitrogen and oxygen atoms in total. The molecule has 2 heterocycles. The number of carbonyl (C=O) groups is 1. The predicted octanol–water partition coefficient (Wildman–Crippen LogP) is 4.82. The van der Waals surface area contributed by atoms with Crippen LogP contribution < -0.4 is 19.7 Å². The van der Waals surface area contributed by atoms with Crippen molar-refractivity contribution in [3.63, 3.8) is 0 Å². The molecule has 1 atom stereocenters. The first-order chi connectivity index (χ1) is 14.5. The number of anilines is 3. The van der Waals surface area contributed by atoms with Crippen LogP contribution >= 0.6 is 0 Å². The molecular weight excluding hydrogens is 378 g/mol. The Bertz CT molecular complexity index is 1040. The number of hydrogen-bond acceptors (Lipinski definition) is 5. The van der Waals surface area contributed by atoms with Gasteiger partial charge in [-0.3, -0.25) is 4.79 Å². The van der Waals surface area contributed by atoms with Crippen LogP contribution in [0.4, 0.5) is 17.2 Å². The molecule has 154 valence electrons. The summed E-state index contributed by atoms with van der Waals surface area (Å²) in [6, 6.07) is 17.3. The van der Waals surface area contributed by atoms with E-state index in [1.165, 1.54) is 0 Å². The lowest BCUT2D eigenvalue weighted by molar-refractivity contribution is 0.102. The summed E-state index contributed by atoms with van der Waals surface area (Å²) < 4.78 is 11.6. The topological polar surface area (TPSA) is 63.7 Å². The van der Waals surface area contributed by atoms with Gasteiger partial charge in [0.1, 0.15) is 23.4 Å². The van der Waals surface area contributed by atoms with E-state index in [9.17, 15) is 4.79 Å². The average Bonchev–Trinajstić information content (AvgIpc) is 3.13. The van der Waals surface area contributed by atoms with E-state index in [0.717, 1.165) is 29.2 Å². The highest BCUT2D eigenvalue weighted by molar-refractivity contribution is 6.05. The van der Waals surface area contributed by atoms with Gasteiger partial charge in [-0.15, -0.1) is 0 Å². The first kappa shape index (κ1) is 19.8. The number of benzene rings is 2. The van der Waals surface area contributed by atoms with Crippen molar-refractivity contribution >= 4 is 23.1 Å². The average molecular weight is 403 g/mol. The molecule has 0 saturated heterocycles. The monoisotopic (exact) mass is 403 g/mol. The van der Waals surface area contributed by atoms with Crippen molar-refractivity contribution in [2.75, 3.05) is 23.9 Å². The first-order valence-electron chi connectivity index (χ1n) is 10.1. The summed E-state index contributed by atoms with van der Waals surface area (Å²) in [5, 5.41) is 2.94. The minimum Gasteiger partial charge on any atom is -0.492 e. The molecule has 0 radical (unpaired) electrons. The summed E-state index contributed by atoms with van der Waals surface area (Å²) in [4.78, 5) is 19.2. The molecule has 1 amide bonds. The molecule has 30 heavy (non-hydrogen) atoms. The van der Waals surface area contributed by atoms with Gasteiger partial charge in [0.25, 0.3) is 5.91 Å². The number of ether oxygens (including phenoxy) is 2. The van der Waals surface area contributed by atoms with Gasteiger partial charge >= 0.3 is 0 Å². The van der Waals surface area contributed by atoms with Gasteiger partial charge in [-0.25, -0.2) is 4.98 Å². The van der Waals surface area contributed by atoms with Crippen LogP contribution in [-0.2, 0) is 6.42 Å². The van der Waals surface area contributed by atoms with Crippen LogP contribution in [0.5, 0.6) is 11.5 Å². The molecule has 4 rings (SSSR count). The van der Waals surface area contributed by atoms with Crippen LogP contribution in [0.15, 0.2) is 60.8 Å². The van der Waals surface area contributed by atoms with Crippen LogP contribution in [0, 0.1) is 0 Å². The molecule has 1 aliphatic rings. The quantitative estimate of drug-likeness (QED) is 0.639. The number of carbonyl (C=O) groups excluding carboxylic acids is 1. The predicted molar refractivity (Wildman–Crippen MR) is 118 cm³/mol. The van der Waals surface area contributed by atoms with Crippen molar-refractivity contribution in [1.82, 2.24) is 4.98 Å². The molecule has 1 aliphatic heterocycles. The van der Waals surface area contributed by atoms with Crippen molar-refractivity contribution < 1.29 is 14.3 Å². The van der Waals surface area contributed by atoms with Crippen molar-refractivity contribution in [2.45, 2.75) is 26.4 Å². The van der Waals surface area contributed by atoms with E-state index in [0.29, 0.717) is 23.6 Å². The van der Waals surface area contributed by atoms with Crippen LogP contribution in [-0.4, -0.2) is 30.6 Å². The van der Waals surface area contributed by atoms with Gasteiger partial charge in [-0.1, -0.05) is 18.2 Å². The molecule has 0 bridgehead atoms. The molecular formula is C24H25N3O3. The molecule has 3 aromatic rings. The number of hydrogen-bond donors (Lipinski definition) is 1. The molecule has 0 aliphatic carbocycles. The van der Waals surface area contributed by atoms with Gasteiger partial charge in [0.05, 0.1) is 17.9 Å². The fraction of sp³-hybridized carbons (Fsp3) is 0.250. The van der Waals surface area contributed by atoms with E-state index in [1.807, 2.05) is 74.3 Å².